The molecular formula is C26H23F2N7O2. The lowest BCUT2D eigenvalue weighted by atomic mass is 9.89. The van der Waals surface area contributed by atoms with Gasteiger partial charge in [0.05, 0.1) is 23.5 Å². The molecule has 0 spiro atoms. The Hall–Kier alpha value is -3.99. The fraction of sp³-hybridized carbons (Fsp3) is 0.346. The van der Waals surface area contributed by atoms with Crippen molar-refractivity contribution in [2.24, 2.45) is 11.7 Å². The van der Waals surface area contributed by atoms with Crippen LogP contribution in [-0.4, -0.2) is 49.0 Å². The summed E-state index contributed by atoms with van der Waals surface area (Å²) in [5.74, 6) is -0.658. The number of nitrogens with two attached hydrogens (primary N) is 1. The molecule has 11 heteroatoms. The van der Waals surface area contributed by atoms with Crippen LogP contribution in [0.15, 0.2) is 42.9 Å². The maximum atomic E-state index is 13.5. The second-order valence-electron chi connectivity index (χ2n) is 9.65. The number of carbonyl (C=O) groups is 1. The summed E-state index contributed by atoms with van der Waals surface area (Å²) in [6.45, 7) is -5.94. The fourth-order valence-corrected chi connectivity index (χ4v) is 5.52. The molecule has 3 aliphatic rings. The van der Waals surface area contributed by atoms with Crippen LogP contribution in [0.2, 0.25) is 0 Å². The van der Waals surface area contributed by atoms with Gasteiger partial charge in [0, 0.05) is 57.9 Å². The predicted molar refractivity (Wildman–Crippen MR) is 128 cm³/mol. The lowest BCUT2D eigenvalue weighted by Gasteiger charge is -2.23. The van der Waals surface area contributed by atoms with Crippen LogP contribution in [0.5, 0.6) is 5.75 Å². The highest BCUT2D eigenvalue weighted by Crippen LogP contribution is 2.53. The molecule has 3 atom stereocenters. The maximum Gasteiger partial charge on any atom is 0.387 e. The van der Waals surface area contributed by atoms with Crippen molar-refractivity contribution < 1.29 is 22.4 Å². The van der Waals surface area contributed by atoms with E-state index in [2.05, 4.69) is 15.1 Å². The first-order valence-corrected chi connectivity index (χ1v) is 12.0. The van der Waals surface area contributed by atoms with Crippen molar-refractivity contribution in [1.29, 1.82) is 0 Å². The zero-order chi connectivity index (χ0) is 27.9. The lowest BCUT2D eigenvalue weighted by molar-refractivity contribution is -0.0505. The largest absolute Gasteiger partial charge is 0.434 e. The van der Waals surface area contributed by atoms with Gasteiger partial charge in [-0.15, -0.1) is 0 Å². The zero-order valence-electron chi connectivity index (χ0n) is 22.4. The lowest BCUT2D eigenvalue weighted by Crippen LogP contribution is -2.30. The first-order chi connectivity index (χ1) is 19.1. The predicted octanol–water partition coefficient (Wildman–Crippen LogP) is 3.86. The van der Waals surface area contributed by atoms with E-state index in [-0.39, 0.29) is 29.3 Å². The van der Waals surface area contributed by atoms with Crippen molar-refractivity contribution >= 4 is 11.6 Å². The quantitative estimate of drug-likeness (QED) is 0.438. The van der Waals surface area contributed by atoms with Crippen LogP contribution in [0, 0.1) is 5.92 Å². The van der Waals surface area contributed by atoms with Gasteiger partial charge in [-0.25, -0.2) is 19.5 Å². The molecule has 3 aromatic heterocycles. The molecule has 37 heavy (non-hydrogen) atoms. The summed E-state index contributed by atoms with van der Waals surface area (Å²) in [6.07, 6.45) is 7.26. The third-order valence-corrected chi connectivity index (χ3v) is 7.46. The summed E-state index contributed by atoms with van der Waals surface area (Å²) in [4.78, 5) is 28.1. The van der Waals surface area contributed by atoms with E-state index < -0.39 is 31.5 Å². The molecule has 1 aliphatic heterocycles. The molecule has 188 valence electrons. The number of amides is 1. The van der Waals surface area contributed by atoms with Gasteiger partial charge in [-0.05, 0) is 43.4 Å². The fourth-order valence-electron chi connectivity index (χ4n) is 5.52. The molecule has 2 N–H and O–H groups in total. The molecular weight excluding hydrogens is 480 g/mol. The minimum Gasteiger partial charge on any atom is -0.434 e. The molecule has 4 heterocycles. The van der Waals surface area contributed by atoms with E-state index in [1.807, 2.05) is 0 Å². The van der Waals surface area contributed by atoms with Gasteiger partial charge in [0.15, 0.2) is 5.65 Å². The number of carbonyl (C=O) groups excluding carboxylic acids is 1. The molecule has 2 bridgehead atoms. The second-order valence-corrected chi connectivity index (χ2v) is 9.65. The number of hydrogen-bond donors (Lipinski definition) is 1. The Kier molecular flexibility index (Phi) is 4.15. The third-order valence-electron chi connectivity index (χ3n) is 7.46. The van der Waals surface area contributed by atoms with Gasteiger partial charge in [-0.1, -0.05) is 6.07 Å². The molecule has 7 rings (SSSR count). The summed E-state index contributed by atoms with van der Waals surface area (Å²) >= 11 is 0. The first-order valence-electron chi connectivity index (χ1n) is 13.5. The highest BCUT2D eigenvalue weighted by atomic mass is 19.3. The average molecular weight is 507 g/mol. The number of aromatic nitrogens is 5. The van der Waals surface area contributed by atoms with Crippen molar-refractivity contribution in [1.82, 2.24) is 29.5 Å². The number of rotatable bonds is 5. The summed E-state index contributed by atoms with van der Waals surface area (Å²) in [7, 11) is 0. The Balaban J connectivity index is 1.39. The van der Waals surface area contributed by atoms with Gasteiger partial charge >= 0.3 is 6.61 Å². The van der Waals surface area contributed by atoms with Crippen molar-refractivity contribution in [3.63, 3.8) is 0 Å². The van der Waals surface area contributed by atoms with E-state index >= 15 is 0 Å². The van der Waals surface area contributed by atoms with Gasteiger partial charge in [0.2, 0.25) is 0 Å². The van der Waals surface area contributed by atoms with Crippen molar-refractivity contribution in [2.45, 2.75) is 43.9 Å². The van der Waals surface area contributed by atoms with E-state index in [4.69, 9.17) is 19.6 Å². The Morgan fingerprint density at radius 3 is 2.73 bits per heavy atom. The molecule has 1 aromatic carbocycles. The molecule has 0 radical (unpaired) electrons. The number of alkyl halides is 2. The third kappa shape index (κ3) is 3.41. The zero-order valence-corrected chi connectivity index (χ0v) is 19.4. The number of fused-ring (bicyclic) bond motifs is 9. The molecule has 2 aliphatic carbocycles. The van der Waals surface area contributed by atoms with Crippen molar-refractivity contribution in [3.05, 3.63) is 71.1 Å². The van der Waals surface area contributed by atoms with Crippen LogP contribution in [0.25, 0.3) is 16.9 Å². The Labute approximate surface area is 214 Å². The number of hydrogen-bond acceptors (Lipinski definition) is 7. The summed E-state index contributed by atoms with van der Waals surface area (Å²) in [6, 6.07) is 4.79. The second kappa shape index (κ2) is 8.01. The summed E-state index contributed by atoms with van der Waals surface area (Å²) in [5.41, 5.74) is 8.95. The van der Waals surface area contributed by atoms with E-state index in [1.165, 1.54) is 22.7 Å². The molecule has 1 fully saturated rings. The van der Waals surface area contributed by atoms with Gasteiger partial charge in [0.25, 0.3) is 5.91 Å². The summed E-state index contributed by atoms with van der Waals surface area (Å²) in [5, 5.41) is 4.61. The first kappa shape index (κ1) is 19.2. The Morgan fingerprint density at radius 1 is 1.19 bits per heavy atom. The van der Waals surface area contributed by atoms with Crippen LogP contribution < -0.4 is 10.5 Å². The summed E-state index contributed by atoms with van der Waals surface area (Å²) < 4.78 is 57.5. The molecule has 0 unspecified atom stereocenters. The molecule has 4 aromatic rings. The highest BCUT2D eigenvalue weighted by Gasteiger charge is 2.46. The molecule has 1 amide bonds. The number of nitrogens with zero attached hydrogens (tertiary/aromatic N) is 6. The van der Waals surface area contributed by atoms with Crippen LogP contribution >= 0.6 is 0 Å². The van der Waals surface area contributed by atoms with Gasteiger partial charge < -0.3 is 15.4 Å². The SMILES string of the molecule is [2H]C([2H])([2H])N1C(=O)c2cccc(OC(F)F)c2[C@H]2C[C@@H]1c1nn3ccc(-c4cnc([C@H](N)C5CC5)nc4)nc3c12. The van der Waals surface area contributed by atoms with Crippen molar-refractivity contribution in [3.8, 4) is 17.0 Å². The van der Waals surface area contributed by atoms with Gasteiger partial charge in [-0.2, -0.15) is 13.9 Å². The monoisotopic (exact) mass is 506 g/mol. The molecule has 9 nitrogen and oxygen atoms in total. The van der Waals surface area contributed by atoms with Crippen LogP contribution in [0.4, 0.5) is 8.78 Å². The Bertz CT molecular complexity index is 1660. The topological polar surface area (TPSA) is 112 Å². The maximum absolute atomic E-state index is 13.5. The van der Waals surface area contributed by atoms with Gasteiger partial charge in [-0.3, -0.25) is 4.79 Å². The van der Waals surface area contributed by atoms with Gasteiger partial charge in [0.1, 0.15) is 11.6 Å². The smallest absolute Gasteiger partial charge is 0.387 e. The van der Waals surface area contributed by atoms with E-state index in [1.54, 1.807) is 24.7 Å². The minimum atomic E-state index is -3.13. The normalized spacial score (nSPS) is 22.8. The number of halogens is 2. The number of benzene rings is 1. The average Bonchev–Trinajstić information content (AvgIpc) is 3.63. The van der Waals surface area contributed by atoms with Crippen molar-refractivity contribution in [2.75, 3.05) is 6.98 Å². The van der Waals surface area contributed by atoms with Crippen LogP contribution in [-0.2, 0) is 0 Å². The van der Waals surface area contributed by atoms with E-state index in [0.29, 0.717) is 39.9 Å². The molecule has 1 saturated carbocycles. The highest BCUT2D eigenvalue weighted by molar-refractivity contribution is 5.98. The standard InChI is InChI=1S/C26H23F2N7O2/c1-34-17-9-15(19-14(25(34)36)3-2-4-18(19)37-26(27)28)20-22(17)33-35-8-7-16(32-24(20)35)13-10-30-23(31-11-13)21(29)12-5-6-12/h2-4,7-8,10-12,15,17,21,26H,5-6,9,29H2,1H3/t15-,17-,21-/m1/s1/i1D3. The number of ether oxygens (including phenoxy) is 1. The van der Waals surface area contributed by atoms with E-state index in [9.17, 15) is 13.6 Å². The molecule has 0 saturated heterocycles. The van der Waals surface area contributed by atoms with Crippen LogP contribution in [0.1, 0.15) is 74.4 Å². The van der Waals surface area contributed by atoms with E-state index in [0.717, 1.165) is 17.7 Å². The Morgan fingerprint density at radius 2 is 2.00 bits per heavy atom. The minimum absolute atomic E-state index is 0.00100. The van der Waals surface area contributed by atoms with Crippen LogP contribution in [0.3, 0.4) is 0 Å².